The molecule has 0 aromatic heterocycles. The van der Waals surface area contributed by atoms with Crippen molar-refractivity contribution in [2.75, 3.05) is 0 Å². The van der Waals surface area contributed by atoms with Gasteiger partial charge < -0.3 is 14.9 Å². The number of ether oxygens (including phenoxy) is 1. The molecule has 0 aliphatic carbocycles. The molecule has 2 aromatic rings. The van der Waals surface area contributed by atoms with Crippen molar-refractivity contribution in [2.24, 2.45) is 0 Å². The molecule has 1 unspecified atom stereocenters. The number of carbonyl (C=O) groups is 1. The maximum atomic E-state index is 10.6. The summed E-state index contributed by atoms with van der Waals surface area (Å²) in [5, 5.41) is 18.1. The highest BCUT2D eigenvalue weighted by molar-refractivity contribution is 5.74. The van der Waals surface area contributed by atoms with Crippen molar-refractivity contribution >= 4 is 5.97 Å². The average Bonchev–Trinajstić information content (AvgIpc) is 2.39. The van der Waals surface area contributed by atoms with Crippen LogP contribution >= 0.6 is 0 Å². The number of carboxylic acids is 1. The second-order valence-corrected chi connectivity index (χ2v) is 4.23. The maximum Gasteiger partial charge on any atom is 0.337 e. The van der Waals surface area contributed by atoms with E-state index in [0.717, 1.165) is 5.56 Å². The molecule has 0 heterocycles. The van der Waals surface area contributed by atoms with Gasteiger partial charge in [0.25, 0.3) is 0 Å². The Bertz CT molecular complexity index is 575. The van der Waals surface area contributed by atoms with Gasteiger partial charge in [-0.3, -0.25) is 0 Å². The van der Waals surface area contributed by atoms with Crippen LogP contribution in [-0.2, 0) is 4.79 Å². The zero-order chi connectivity index (χ0) is 13.8. The molecule has 0 bridgehead atoms. The number of aliphatic hydroxyl groups is 1. The van der Waals surface area contributed by atoms with Crippen molar-refractivity contribution < 1.29 is 19.7 Å². The molecule has 4 heteroatoms. The minimum atomic E-state index is -1.51. The van der Waals surface area contributed by atoms with Crippen LogP contribution in [0.5, 0.6) is 11.5 Å². The Morgan fingerprint density at radius 2 is 1.79 bits per heavy atom. The summed E-state index contributed by atoms with van der Waals surface area (Å²) in [6.45, 7) is 1.97. The fourth-order valence-corrected chi connectivity index (χ4v) is 1.68. The van der Waals surface area contributed by atoms with Crippen LogP contribution < -0.4 is 4.74 Å². The predicted octanol–water partition coefficient (Wildman–Crippen LogP) is 2.91. The smallest absolute Gasteiger partial charge is 0.337 e. The third-order valence-corrected chi connectivity index (χ3v) is 2.65. The van der Waals surface area contributed by atoms with E-state index in [-0.39, 0.29) is 0 Å². The number of hydrogen-bond donors (Lipinski definition) is 2. The van der Waals surface area contributed by atoms with Crippen molar-refractivity contribution in [3.63, 3.8) is 0 Å². The monoisotopic (exact) mass is 258 g/mol. The summed E-state index contributed by atoms with van der Waals surface area (Å²) in [4.78, 5) is 10.6. The molecular weight excluding hydrogens is 244 g/mol. The first kappa shape index (κ1) is 13.1. The number of hydrogen-bond acceptors (Lipinski definition) is 3. The highest BCUT2D eigenvalue weighted by Gasteiger charge is 2.15. The zero-order valence-corrected chi connectivity index (χ0v) is 10.4. The SMILES string of the molecule is Cc1cccc(Oc2ccc(C(O)C(=O)O)cc2)c1. The van der Waals surface area contributed by atoms with E-state index in [2.05, 4.69) is 0 Å². The highest BCUT2D eigenvalue weighted by atomic mass is 16.5. The van der Waals surface area contributed by atoms with Crippen molar-refractivity contribution in [1.82, 2.24) is 0 Å². The lowest BCUT2D eigenvalue weighted by atomic mass is 10.1. The van der Waals surface area contributed by atoms with E-state index in [4.69, 9.17) is 9.84 Å². The summed E-state index contributed by atoms with van der Waals surface area (Å²) in [6.07, 6.45) is -1.51. The van der Waals surface area contributed by atoms with Gasteiger partial charge in [-0.2, -0.15) is 0 Å². The zero-order valence-electron chi connectivity index (χ0n) is 10.4. The van der Waals surface area contributed by atoms with E-state index in [0.29, 0.717) is 17.1 Å². The molecule has 4 nitrogen and oxygen atoms in total. The van der Waals surface area contributed by atoms with Gasteiger partial charge in [0, 0.05) is 0 Å². The van der Waals surface area contributed by atoms with Crippen LogP contribution in [0.3, 0.4) is 0 Å². The lowest BCUT2D eigenvalue weighted by Gasteiger charge is -2.09. The normalized spacial score (nSPS) is 11.9. The van der Waals surface area contributed by atoms with E-state index in [9.17, 15) is 9.90 Å². The van der Waals surface area contributed by atoms with Crippen LogP contribution in [0.2, 0.25) is 0 Å². The minimum Gasteiger partial charge on any atom is -0.479 e. The van der Waals surface area contributed by atoms with Gasteiger partial charge in [0.15, 0.2) is 6.10 Å². The van der Waals surface area contributed by atoms with Gasteiger partial charge in [-0.25, -0.2) is 4.79 Å². The molecule has 19 heavy (non-hydrogen) atoms. The van der Waals surface area contributed by atoms with Gasteiger partial charge in [-0.15, -0.1) is 0 Å². The Morgan fingerprint density at radius 1 is 1.11 bits per heavy atom. The van der Waals surface area contributed by atoms with Gasteiger partial charge in [-0.05, 0) is 42.3 Å². The molecule has 0 aliphatic heterocycles. The fraction of sp³-hybridized carbons (Fsp3) is 0.133. The number of aliphatic carboxylic acids is 1. The van der Waals surface area contributed by atoms with Crippen molar-refractivity contribution in [2.45, 2.75) is 13.0 Å². The van der Waals surface area contributed by atoms with Crippen LogP contribution in [0.25, 0.3) is 0 Å². The lowest BCUT2D eigenvalue weighted by molar-refractivity contribution is -0.146. The molecule has 2 N–H and O–H groups in total. The largest absolute Gasteiger partial charge is 0.479 e. The first-order valence-corrected chi connectivity index (χ1v) is 5.81. The Morgan fingerprint density at radius 3 is 2.37 bits per heavy atom. The number of rotatable bonds is 4. The second kappa shape index (κ2) is 5.54. The molecule has 98 valence electrons. The molecule has 2 rings (SSSR count). The summed E-state index contributed by atoms with van der Waals surface area (Å²) in [5.41, 5.74) is 1.42. The van der Waals surface area contributed by atoms with E-state index in [1.165, 1.54) is 12.1 Å². The topological polar surface area (TPSA) is 66.8 Å². The number of carboxylic acid groups (broad SMARTS) is 1. The van der Waals surface area contributed by atoms with Crippen molar-refractivity contribution in [3.05, 3.63) is 59.7 Å². The molecule has 0 radical (unpaired) electrons. The van der Waals surface area contributed by atoms with E-state index in [1.807, 2.05) is 31.2 Å². The summed E-state index contributed by atoms with van der Waals surface area (Å²) in [5.74, 6) is 0.0332. The van der Waals surface area contributed by atoms with Gasteiger partial charge in [0.1, 0.15) is 11.5 Å². The molecule has 0 aliphatic rings. The number of aliphatic hydroxyl groups excluding tert-OH is 1. The molecule has 0 saturated carbocycles. The maximum absolute atomic E-state index is 10.6. The Kier molecular flexibility index (Phi) is 3.82. The summed E-state index contributed by atoms with van der Waals surface area (Å²) in [7, 11) is 0. The van der Waals surface area contributed by atoms with Crippen LogP contribution in [0.1, 0.15) is 17.2 Å². The van der Waals surface area contributed by atoms with Crippen LogP contribution in [0.4, 0.5) is 0 Å². The van der Waals surface area contributed by atoms with Gasteiger partial charge in [0.2, 0.25) is 0 Å². The van der Waals surface area contributed by atoms with E-state index in [1.54, 1.807) is 12.1 Å². The third kappa shape index (κ3) is 3.33. The Hall–Kier alpha value is -2.33. The number of benzene rings is 2. The molecule has 2 aromatic carbocycles. The summed E-state index contributed by atoms with van der Waals surface area (Å²) >= 11 is 0. The third-order valence-electron chi connectivity index (χ3n) is 2.65. The Labute approximate surface area is 110 Å². The quantitative estimate of drug-likeness (QED) is 0.884. The first-order chi connectivity index (χ1) is 9.06. The second-order valence-electron chi connectivity index (χ2n) is 4.23. The van der Waals surface area contributed by atoms with Gasteiger partial charge in [-0.1, -0.05) is 24.3 Å². The molecule has 0 spiro atoms. The van der Waals surface area contributed by atoms with E-state index < -0.39 is 12.1 Å². The molecule has 0 fully saturated rings. The molecule has 1 atom stereocenters. The predicted molar refractivity (Wildman–Crippen MR) is 70.3 cm³/mol. The molecular formula is C15H14O4. The van der Waals surface area contributed by atoms with E-state index >= 15 is 0 Å². The standard InChI is InChI=1S/C15H14O4/c1-10-3-2-4-13(9-10)19-12-7-5-11(6-8-12)14(16)15(17)18/h2-9,14,16H,1H3,(H,17,18). The van der Waals surface area contributed by atoms with Crippen molar-refractivity contribution in [3.8, 4) is 11.5 Å². The van der Waals surface area contributed by atoms with Crippen molar-refractivity contribution in [1.29, 1.82) is 0 Å². The molecule has 0 amide bonds. The lowest BCUT2D eigenvalue weighted by Crippen LogP contribution is -2.09. The summed E-state index contributed by atoms with van der Waals surface area (Å²) < 4.78 is 5.63. The van der Waals surface area contributed by atoms with Crippen LogP contribution in [0.15, 0.2) is 48.5 Å². The Balaban J connectivity index is 2.13. The average molecular weight is 258 g/mol. The van der Waals surface area contributed by atoms with Crippen LogP contribution in [0, 0.1) is 6.92 Å². The van der Waals surface area contributed by atoms with Gasteiger partial charge >= 0.3 is 5.97 Å². The van der Waals surface area contributed by atoms with Gasteiger partial charge in [0.05, 0.1) is 0 Å². The van der Waals surface area contributed by atoms with Crippen LogP contribution in [-0.4, -0.2) is 16.2 Å². The first-order valence-electron chi connectivity index (χ1n) is 5.81. The molecule has 0 saturated heterocycles. The highest BCUT2D eigenvalue weighted by Crippen LogP contribution is 2.24. The fourth-order valence-electron chi connectivity index (χ4n) is 1.68. The summed E-state index contributed by atoms with van der Waals surface area (Å²) in [6, 6.07) is 13.9. The minimum absolute atomic E-state index is 0.323. The number of aryl methyl sites for hydroxylation is 1.